The van der Waals surface area contributed by atoms with Crippen molar-refractivity contribution in [1.82, 2.24) is 0 Å². The summed E-state index contributed by atoms with van der Waals surface area (Å²) in [7, 11) is -4.04. The Morgan fingerprint density at radius 2 is 1.73 bits per heavy atom. The molecule has 168 valence electrons. The molecule has 0 bridgehead atoms. The van der Waals surface area contributed by atoms with E-state index < -0.39 is 16.1 Å². The van der Waals surface area contributed by atoms with Crippen molar-refractivity contribution in [1.29, 1.82) is 0 Å². The number of nitrogens with zero attached hydrogens (tertiary/aromatic N) is 1. The molecule has 0 atom stereocenters. The molecule has 7 nitrogen and oxygen atoms in total. The summed E-state index contributed by atoms with van der Waals surface area (Å²) in [5.41, 5.74) is 1.25. The molecule has 0 saturated heterocycles. The summed E-state index contributed by atoms with van der Waals surface area (Å²) < 4.78 is 41.3. The van der Waals surface area contributed by atoms with Crippen LogP contribution >= 0.6 is 11.6 Å². The van der Waals surface area contributed by atoms with Gasteiger partial charge in [0.1, 0.15) is 4.90 Å². The van der Waals surface area contributed by atoms with Crippen LogP contribution in [0, 0.1) is 0 Å². The summed E-state index contributed by atoms with van der Waals surface area (Å²) in [5.74, 6) is -0.200. The van der Waals surface area contributed by atoms with Crippen LogP contribution in [-0.2, 0) is 19.6 Å². The first-order valence-electron chi connectivity index (χ1n) is 9.90. The van der Waals surface area contributed by atoms with E-state index in [2.05, 4.69) is 4.99 Å². The fraction of sp³-hybridized carbons (Fsp3) is 0.0833. The fourth-order valence-corrected chi connectivity index (χ4v) is 4.07. The van der Waals surface area contributed by atoms with E-state index in [0.29, 0.717) is 16.1 Å². The average Bonchev–Trinajstić information content (AvgIpc) is 3.17. The van der Waals surface area contributed by atoms with Gasteiger partial charge < -0.3 is 13.7 Å². The van der Waals surface area contributed by atoms with Crippen LogP contribution in [0.1, 0.15) is 18.1 Å². The Labute approximate surface area is 196 Å². The number of esters is 1. The second-order valence-corrected chi connectivity index (χ2v) is 8.82. The van der Waals surface area contributed by atoms with Crippen LogP contribution < -0.4 is 8.92 Å². The Morgan fingerprint density at radius 1 is 1.00 bits per heavy atom. The van der Waals surface area contributed by atoms with Crippen molar-refractivity contribution >= 4 is 39.7 Å². The van der Waals surface area contributed by atoms with Gasteiger partial charge in [0.15, 0.2) is 17.2 Å². The third-order valence-electron chi connectivity index (χ3n) is 4.51. The molecule has 0 unspecified atom stereocenters. The molecule has 0 spiro atoms. The van der Waals surface area contributed by atoms with Gasteiger partial charge in [-0.3, -0.25) is 0 Å². The average molecular weight is 484 g/mol. The van der Waals surface area contributed by atoms with Crippen molar-refractivity contribution in [2.75, 3.05) is 6.61 Å². The zero-order valence-electron chi connectivity index (χ0n) is 17.4. The fourth-order valence-electron chi connectivity index (χ4n) is 2.99. The van der Waals surface area contributed by atoms with Gasteiger partial charge in [-0.05, 0) is 67.1 Å². The van der Waals surface area contributed by atoms with Crippen molar-refractivity contribution in [3.63, 3.8) is 0 Å². The number of cyclic esters (lactones) is 1. The lowest BCUT2D eigenvalue weighted by molar-refractivity contribution is -0.129. The molecule has 9 heteroatoms. The number of carbonyl (C=O) groups is 1. The van der Waals surface area contributed by atoms with Gasteiger partial charge in [-0.25, -0.2) is 9.79 Å². The highest BCUT2D eigenvalue weighted by molar-refractivity contribution is 7.87. The highest BCUT2D eigenvalue weighted by Crippen LogP contribution is 2.32. The topological polar surface area (TPSA) is 91.3 Å². The Bertz CT molecular complexity index is 1350. The number of benzene rings is 3. The van der Waals surface area contributed by atoms with Gasteiger partial charge >= 0.3 is 16.1 Å². The molecular formula is C24H18ClNO6S. The van der Waals surface area contributed by atoms with E-state index in [1.807, 2.05) is 0 Å². The number of hydrogen-bond acceptors (Lipinski definition) is 7. The molecule has 1 heterocycles. The quantitative estimate of drug-likeness (QED) is 0.271. The Hall–Kier alpha value is -3.62. The van der Waals surface area contributed by atoms with Gasteiger partial charge in [-0.1, -0.05) is 35.9 Å². The van der Waals surface area contributed by atoms with Crippen molar-refractivity contribution in [2.24, 2.45) is 4.99 Å². The summed E-state index contributed by atoms with van der Waals surface area (Å²) in [4.78, 5) is 16.6. The van der Waals surface area contributed by atoms with Gasteiger partial charge in [-0.2, -0.15) is 8.42 Å². The number of aliphatic imine (C=N–C) groups is 1. The van der Waals surface area contributed by atoms with Gasteiger partial charge in [0.05, 0.1) is 6.61 Å². The number of halogens is 1. The highest BCUT2D eigenvalue weighted by atomic mass is 35.5. The van der Waals surface area contributed by atoms with Crippen LogP contribution in [0.2, 0.25) is 5.02 Å². The minimum absolute atomic E-state index is 0.0245. The van der Waals surface area contributed by atoms with E-state index in [0.717, 1.165) is 0 Å². The first-order valence-corrected chi connectivity index (χ1v) is 11.7. The normalized spacial score (nSPS) is 14.7. The largest absolute Gasteiger partial charge is 0.490 e. The summed E-state index contributed by atoms with van der Waals surface area (Å²) in [6.07, 6.45) is 1.52. The highest BCUT2D eigenvalue weighted by Gasteiger charge is 2.25. The van der Waals surface area contributed by atoms with Crippen LogP contribution in [0.5, 0.6) is 11.5 Å². The van der Waals surface area contributed by atoms with Crippen molar-refractivity contribution in [3.8, 4) is 11.5 Å². The molecule has 0 N–H and O–H groups in total. The molecule has 33 heavy (non-hydrogen) atoms. The van der Waals surface area contributed by atoms with E-state index in [4.69, 9.17) is 25.3 Å². The predicted octanol–water partition coefficient (Wildman–Crippen LogP) is 4.85. The smallest absolute Gasteiger partial charge is 0.363 e. The Balaban J connectivity index is 1.63. The molecule has 3 aromatic rings. The van der Waals surface area contributed by atoms with Gasteiger partial charge in [0.25, 0.3) is 0 Å². The number of rotatable bonds is 7. The summed E-state index contributed by atoms with van der Waals surface area (Å²) in [6, 6.07) is 19.2. The standard InChI is InChI=1S/C24H18ClNO6S/c1-2-30-22-15-16(8-13-21(22)32-33(28,29)19-6-4-3-5-7-19)14-20-24(27)31-23(26-20)17-9-11-18(25)12-10-17/h3-15H,2H2,1H3/b20-14-. The molecular weight excluding hydrogens is 466 g/mol. The first-order chi connectivity index (χ1) is 15.9. The van der Waals surface area contributed by atoms with Crippen LogP contribution in [-0.4, -0.2) is 26.9 Å². The lowest BCUT2D eigenvalue weighted by Crippen LogP contribution is -2.10. The third kappa shape index (κ3) is 5.24. The number of hydrogen-bond donors (Lipinski definition) is 0. The van der Waals surface area contributed by atoms with Crippen LogP contribution in [0.4, 0.5) is 0 Å². The minimum Gasteiger partial charge on any atom is -0.490 e. The lowest BCUT2D eigenvalue weighted by Gasteiger charge is -2.12. The molecule has 4 rings (SSSR count). The molecule has 1 aliphatic rings. The molecule has 0 aliphatic carbocycles. The summed E-state index contributed by atoms with van der Waals surface area (Å²) >= 11 is 5.89. The van der Waals surface area contributed by atoms with Crippen molar-refractivity contribution in [3.05, 3.63) is 94.6 Å². The summed E-state index contributed by atoms with van der Waals surface area (Å²) in [6.45, 7) is 2.04. The zero-order valence-corrected chi connectivity index (χ0v) is 19.0. The van der Waals surface area contributed by atoms with E-state index in [1.165, 1.54) is 24.3 Å². The molecule has 0 amide bonds. The maximum Gasteiger partial charge on any atom is 0.363 e. The van der Waals surface area contributed by atoms with Crippen LogP contribution in [0.3, 0.4) is 0 Å². The maximum absolute atomic E-state index is 12.6. The first kappa shape index (κ1) is 22.6. The number of ether oxygens (including phenoxy) is 2. The summed E-state index contributed by atoms with van der Waals surface area (Å²) in [5, 5.41) is 0.555. The SMILES string of the molecule is CCOc1cc(/C=C2\N=C(c3ccc(Cl)cc3)OC2=O)ccc1OS(=O)(=O)c1ccccc1. The van der Waals surface area contributed by atoms with E-state index in [1.54, 1.807) is 61.5 Å². The van der Waals surface area contributed by atoms with Crippen LogP contribution in [0.25, 0.3) is 6.08 Å². The zero-order chi connectivity index (χ0) is 23.4. The second-order valence-electron chi connectivity index (χ2n) is 6.83. The van der Waals surface area contributed by atoms with Gasteiger partial charge in [-0.15, -0.1) is 0 Å². The molecule has 0 radical (unpaired) electrons. The number of carbonyl (C=O) groups excluding carboxylic acids is 1. The molecule has 1 aliphatic heterocycles. The molecule has 0 fully saturated rings. The van der Waals surface area contributed by atoms with Gasteiger partial charge in [0.2, 0.25) is 5.90 Å². The second kappa shape index (κ2) is 9.48. The Morgan fingerprint density at radius 3 is 2.42 bits per heavy atom. The molecule has 3 aromatic carbocycles. The third-order valence-corrected chi connectivity index (χ3v) is 6.01. The lowest BCUT2D eigenvalue weighted by atomic mass is 10.1. The van der Waals surface area contributed by atoms with E-state index in [-0.39, 0.29) is 34.6 Å². The minimum atomic E-state index is -4.04. The van der Waals surface area contributed by atoms with Crippen molar-refractivity contribution in [2.45, 2.75) is 11.8 Å². The van der Waals surface area contributed by atoms with Gasteiger partial charge in [0, 0.05) is 10.6 Å². The Kier molecular flexibility index (Phi) is 6.48. The van der Waals surface area contributed by atoms with E-state index >= 15 is 0 Å². The van der Waals surface area contributed by atoms with Crippen molar-refractivity contribution < 1.29 is 26.9 Å². The predicted molar refractivity (Wildman–Crippen MR) is 124 cm³/mol. The van der Waals surface area contributed by atoms with Crippen LogP contribution in [0.15, 0.2) is 88.4 Å². The molecule has 0 aromatic heterocycles. The maximum atomic E-state index is 12.6. The molecule has 0 saturated carbocycles. The monoisotopic (exact) mass is 483 g/mol. The van der Waals surface area contributed by atoms with E-state index in [9.17, 15) is 13.2 Å².